The summed E-state index contributed by atoms with van der Waals surface area (Å²) in [6.07, 6.45) is 0. The second-order valence-corrected chi connectivity index (χ2v) is 6.32. The quantitative estimate of drug-likeness (QED) is 0.306. The minimum Gasteiger partial charge on any atom is -0.354 e. The normalized spacial score (nSPS) is 11.7. The number of aromatic nitrogens is 1. The highest BCUT2D eigenvalue weighted by atomic mass is 16.1. The van der Waals surface area contributed by atoms with Gasteiger partial charge < -0.3 is 4.98 Å². The number of fused-ring (bicyclic) bond motifs is 6. The van der Waals surface area contributed by atoms with Gasteiger partial charge in [0.15, 0.2) is 5.43 Å². The first-order chi connectivity index (χ1) is 11.7. The van der Waals surface area contributed by atoms with Gasteiger partial charge in [0, 0.05) is 5.39 Å². The molecule has 0 aliphatic carbocycles. The lowest BCUT2D eigenvalue weighted by molar-refractivity contribution is 1.42. The third-order valence-electron chi connectivity index (χ3n) is 4.93. The highest BCUT2D eigenvalue weighted by Crippen LogP contribution is 2.30. The predicted octanol–water partition coefficient (Wildman–Crippen LogP) is 5.30. The second kappa shape index (κ2) is 4.68. The van der Waals surface area contributed by atoms with Crippen LogP contribution >= 0.6 is 0 Å². The summed E-state index contributed by atoms with van der Waals surface area (Å²) >= 11 is 0. The maximum atomic E-state index is 13.2. The Morgan fingerprint density at radius 3 is 2.42 bits per heavy atom. The van der Waals surface area contributed by atoms with Gasteiger partial charge >= 0.3 is 0 Å². The van der Waals surface area contributed by atoms with E-state index in [9.17, 15) is 4.79 Å². The Kier molecular flexibility index (Phi) is 2.60. The number of aryl methyl sites for hydroxylation is 1. The van der Waals surface area contributed by atoms with Crippen LogP contribution in [0.2, 0.25) is 0 Å². The van der Waals surface area contributed by atoms with Gasteiger partial charge in [0.2, 0.25) is 0 Å². The van der Waals surface area contributed by atoms with Crippen molar-refractivity contribution in [1.82, 2.24) is 4.98 Å². The summed E-state index contributed by atoms with van der Waals surface area (Å²) in [4.78, 5) is 16.6. The minimum atomic E-state index is 0.100. The fourth-order valence-corrected chi connectivity index (χ4v) is 3.73. The molecule has 0 saturated heterocycles. The van der Waals surface area contributed by atoms with Crippen molar-refractivity contribution < 1.29 is 0 Å². The first-order valence-corrected chi connectivity index (χ1v) is 8.10. The van der Waals surface area contributed by atoms with Crippen LogP contribution in [0.1, 0.15) is 5.56 Å². The zero-order valence-electron chi connectivity index (χ0n) is 13.3. The smallest absolute Gasteiger partial charge is 0.197 e. The van der Waals surface area contributed by atoms with E-state index in [0.717, 1.165) is 38.1 Å². The van der Waals surface area contributed by atoms with Gasteiger partial charge in [0.25, 0.3) is 0 Å². The highest BCUT2D eigenvalue weighted by Gasteiger charge is 2.11. The topological polar surface area (TPSA) is 32.9 Å². The van der Waals surface area contributed by atoms with E-state index in [-0.39, 0.29) is 5.43 Å². The molecular formula is C22H15NO. The predicted molar refractivity (Wildman–Crippen MR) is 102 cm³/mol. The van der Waals surface area contributed by atoms with Gasteiger partial charge in [0.05, 0.1) is 16.4 Å². The molecular weight excluding hydrogens is 294 g/mol. The maximum Gasteiger partial charge on any atom is 0.197 e. The Labute approximate surface area is 138 Å². The molecule has 0 radical (unpaired) electrons. The summed E-state index contributed by atoms with van der Waals surface area (Å²) in [5.41, 5.74) is 3.01. The molecule has 0 unspecified atom stereocenters. The van der Waals surface area contributed by atoms with Crippen molar-refractivity contribution in [3.8, 4) is 0 Å². The fraction of sp³-hybridized carbons (Fsp3) is 0.0455. The van der Waals surface area contributed by atoms with Crippen LogP contribution < -0.4 is 5.43 Å². The van der Waals surface area contributed by atoms with Crippen LogP contribution in [-0.4, -0.2) is 4.98 Å². The van der Waals surface area contributed by atoms with Crippen LogP contribution in [-0.2, 0) is 0 Å². The number of hydrogen-bond acceptors (Lipinski definition) is 1. The molecule has 0 atom stereocenters. The van der Waals surface area contributed by atoms with E-state index >= 15 is 0 Å². The molecule has 2 heteroatoms. The van der Waals surface area contributed by atoms with Gasteiger partial charge in [-0.2, -0.15) is 0 Å². The Morgan fingerprint density at radius 2 is 1.50 bits per heavy atom. The maximum absolute atomic E-state index is 13.2. The van der Waals surface area contributed by atoms with E-state index in [1.807, 2.05) is 43.3 Å². The summed E-state index contributed by atoms with van der Waals surface area (Å²) in [7, 11) is 0. The number of benzene rings is 4. The number of pyridine rings is 1. The molecule has 4 aromatic carbocycles. The van der Waals surface area contributed by atoms with Crippen LogP contribution in [0.5, 0.6) is 0 Å². The molecule has 0 aliphatic heterocycles. The van der Waals surface area contributed by atoms with Crippen LogP contribution in [0, 0.1) is 6.92 Å². The molecule has 0 spiro atoms. The Hall–Kier alpha value is -3.13. The molecule has 24 heavy (non-hydrogen) atoms. The van der Waals surface area contributed by atoms with E-state index in [2.05, 4.69) is 35.3 Å². The average Bonchev–Trinajstić information content (AvgIpc) is 2.62. The van der Waals surface area contributed by atoms with Crippen LogP contribution in [0.15, 0.2) is 71.5 Å². The van der Waals surface area contributed by atoms with Gasteiger partial charge in [-0.1, -0.05) is 54.6 Å². The van der Waals surface area contributed by atoms with E-state index in [1.54, 1.807) is 0 Å². The summed E-state index contributed by atoms with van der Waals surface area (Å²) in [6.45, 7) is 2.03. The molecule has 5 aromatic rings. The van der Waals surface area contributed by atoms with E-state index < -0.39 is 0 Å². The number of rotatable bonds is 0. The van der Waals surface area contributed by atoms with Crippen LogP contribution in [0.3, 0.4) is 0 Å². The summed E-state index contributed by atoms with van der Waals surface area (Å²) in [5, 5.41) is 6.03. The Bertz CT molecular complexity index is 1330. The van der Waals surface area contributed by atoms with E-state index in [4.69, 9.17) is 0 Å². The van der Waals surface area contributed by atoms with Crippen molar-refractivity contribution in [2.45, 2.75) is 6.92 Å². The molecule has 0 fully saturated rings. The molecule has 2 nitrogen and oxygen atoms in total. The Balaban J connectivity index is 2.08. The molecule has 0 bridgehead atoms. The summed E-state index contributed by atoms with van der Waals surface area (Å²) < 4.78 is 0. The number of H-pyrrole nitrogens is 1. The summed E-state index contributed by atoms with van der Waals surface area (Å²) in [6, 6.07) is 22.5. The molecule has 1 heterocycles. The van der Waals surface area contributed by atoms with Gasteiger partial charge in [-0.15, -0.1) is 0 Å². The fourth-order valence-electron chi connectivity index (χ4n) is 3.73. The molecule has 114 valence electrons. The first-order valence-electron chi connectivity index (χ1n) is 8.10. The van der Waals surface area contributed by atoms with Gasteiger partial charge in [0.1, 0.15) is 0 Å². The van der Waals surface area contributed by atoms with Crippen molar-refractivity contribution in [3.05, 3.63) is 82.5 Å². The number of para-hydroxylation sites is 1. The van der Waals surface area contributed by atoms with Gasteiger partial charge in [-0.05, 0) is 46.2 Å². The molecule has 1 aromatic heterocycles. The Morgan fingerprint density at radius 1 is 0.708 bits per heavy atom. The van der Waals surface area contributed by atoms with E-state index in [0.29, 0.717) is 0 Å². The molecule has 1 N–H and O–H groups in total. The van der Waals surface area contributed by atoms with Gasteiger partial charge in [-0.25, -0.2) is 0 Å². The third-order valence-corrected chi connectivity index (χ3v) is 4.93. The first kappa shape index (κ1) is 13.3. The molecule has 0 amide bonds. The number of aromatic amines is 1. The lowest BCUT2D eigenvalue weighted by Crippen LogP contribution is -2.05. The van der Waals surface area contributed by atoms with Crippen LogP contribution in [0.25, 0.3) is 43.4 Å². The minimum absolute atomic E-state index is 0.100. The van der Waals surface area contributed by atoms with E-state index in [1.165, 1.54) is 10.8 Å². The largest absolute Gasteiger partial charge is 0.354 e. The highest BCUT2D eigenvalue weighted by molar-refractivity contribution is 6.17. The summed E-state index contributed by atoms with van der Waals surface area (Å²) in [5.74, 6) is 0. The molecule has 5 rings (SSSR count). The lowest BCUT2D eigenvalue weighted by atomic mass is 9.97. The van der Waals surface area contributed by atoms with Crippen molar-refractivity contribution in [1.29, 1.82) is 0 Å². The second-order valence-electron chi connectivity index (χ2n) is 6.32. The van der Waals surface area contributed by atoms with Crippen LogP contribution in [0.4, 0.5) is 0 Å². The number of nitrogens with one attached hydrogen (secondary N) is 1. The van der Waals surface area contributed by atoms with Crippen molar-refractivity contribution in [2.75, 3.05) is 0 Å². The molecule has 0 aliphatic rings. The SMILES string of the molecule is Cc1cccc2c(=O)c3c(ccc4c5ccccc5ccc43)[nH]c12. The van der Waals surface area contributed by atoms with Crippen molar-refractivity contribution in [3.63, 3.8) is 0 Å². The third kappa shape index (κ3) is 1.68. The molecule has 0 saturated carbocycles. The average molecular weight is 309 g/mol. The number of hydrogen-bond donors (Lipinski definition) is 1. The zero-order chi connectivity index (χ0) is 16.3. The zero-order valence-corrected chi connectivity index (χ0v) is 13.3. The standard InChI is InChI=1S/C22H15NO/c1-13-5-4-8-18-21(13)23-19-12-11-16-15-7-3-2-6-14(15)9-10-17(16)20(19)22(18)24/h2-12H,1H3,(H,23,24). The lowest BCUT2D eigenvalue weighted by Gasteiger charge is -2.09. The monoisotopic (exact) mass is 309 g/mol. The van der Waals surface area contributed by atoms with Gasteiger partial charge in [-0.3, -0.25) is 4.79 Å². The van der Waals surface area contributed by atoms with Crippen molar-refractivity contribution in [2.24, 2.45) is 0 Å². The van der Waals surface area contributed by atoms with Crippen molar-refractivity contribution >= 4 is 43.4 Å².